The summed E-state index contributed by atoms with van der Waals surface area (Å²) in [7, 11) is 0. The van der Waals surface area contributed by atoms with Gasteiger partial charge in [0.1, 0.15) is 6.54 Å². The minimum absolute atomic E-state index is 0.00708. The van der Waals surface area contributed by atoms with Gasteiger partial charge in [-0.2, -0.15) is 18.0 Å². The summed E-state index contributed by atoms with van der Waals surface area (Å²) < 4.78 is 37.6. The van der Waals surface area contributed by atoms with E-state index in [-0.39, 0.29) is 17.9 Å². The molecule has 9 heteroatoms. The van der Waals surface area contributed by atoms with Gasteiger partial charge in [-0.1, -0.05) is 12.1 Å². The van der Waals surface area contributed by atoms with Crippen molar-refractivity contribution in [2.75, 3.05) is 0 Å². The van der Waals surface area contributed by atoms with Gasteiger partial charge in [-0.3, -0.25) is 4.79 Å². The van der Waals surface area contributed by atoms with E-state index in [0.717, 1.165) is 16.9 Å². The fraction of sp³-hybridized carbons (Fsp3) is 0.200. The summed E-state index contributed by atoms with van der Waals surface area (Å²) in [5.74, 6) is -0.680. The third kappa shape index (κ3) is 3.06. The molecule has 0 radical (unpaired) electrons. The van der Waals surface area contributed by atoms with Crippen LogP contribution in [0, 0.1) is 0 Å². The van der Waals surface area contributed by atoms with Crippen LogP contribution >= 0.6 is 0 Å². The molecule has 1 heterocycles. The Labute approximate surface area is 105 Å². The number of halogens is 3. The van der Waals surface area contributed by atoms with E-state index in [4.69, 9.17) is 5.73 Å². The second-order valence-electron chi connectivity index (χ2n) is 3.69. The molecule has 1 aromatic heterocycles. The topological polar surface area (TPSA) is 86.7 Å². The Morgan fingerprint density at radius 2 is 2.11 bits per heavy atom. The highest BCUT2D eigenvalue weighted by Gasteiger charge is 2.30. The number of hydrogen-bond acceptors (Lipinski definition) is 4. The number of hydrogen-bond donors (Lipinski definition) is 1. The number of nitrogens with two attached hydrogens (primary N) is 1. The highest BCUT2D eigenvalue weighted by molar-refractivity contribution is 5.73. The predicted molar refractivity (Wildman–Crippen MR) is 57.4 cm³/mol. The van der Waals surface area contributed by atoms with Gasteiger partial charge in [0.2, 0.25) is 11.7 Å². The third-order valence-electron chi connectivity index (χ3n) is 2.20. The number of rotatable bonds is 3. The molecular weight excluding hydrogens is 263 g/mol. The van der Waals surface area contributed by atoms with Crippen LogP contribution in [-0.4, -0.2) is 26.1 Å². The average Bonchev–Trinajstić information content (AvgIpc) is 2.76. The minimum Gasteiger partial charge on any atom is -0.368 e. The Morgan fingerprint density at radius 3 is 2.74 bits per heavy atom. The molecule has 0 aliphatic carbocycles. The van der Waals surface area contributed by atoms with Crippen molar-refractivity contribution in [1.82, 2.24) is 20.2 Å². The van der Waals surface area contributed by atoms with Crippen LogP contribution in [0.25, 0.3) is 11.4 Å². The summed E-state index contributed by atoms with van der Waals surface area (Å²) in [6.45, 7) is -0.286. The van der Waals surface area contributed by atoms with Gasteiger partial charge in [0, 0.05) is 5.56 Å². The van der Waals surface area contributed by atoms with Crippen molar-refractivity contribution < 1.29 is 18.0 Å². The number of aromatic nitrogens is 4. The fourth-order valence-corrected chi connectivity index (χ4v) is 1.40. The molecule has 0 saturated heterocycles. The van der Waals surface area contributed by atoms with Crippen molar-refractivity contribution in [1.29, 1.82) is 0 Å². The van der Waals surface area contributed by atoms with Crippen molar-refractivity contribution in [3.63, 3.8) is 0 Å². The normalized spacial score (nSPS) is 11.5. The van der Waals surface area contributed by atoms with E-state index in [2.05, 4.69) is 15.4 Å². The fourth-order valence-electron chi connectivity index (χ4n) is 1.40. The molecule has 0 bridgehead atoms. The summed E-state index contributed by atoms with van der Waals surface area (Å²) >= 11 is 0. The van der Waals surface area contributed by atoms with Crippen LogP contribution in [0.2, 0.25) is 0 Å². The highest BCUT2D eigenvalue weighted by Crippen LogP contribution is 2.31. The number of carbonyl (C=O) groups is 1. The largest absolute Gasteiger partial charge is 0.416 e. The lowest BCUT2D eigenvalue weighted by Gasteiger charge is -2.06. The molecule has 0 unspecified atom stereocenters. The molecule has 0 fully saturated rings. The minimum atomic E-state index is -4.45. The van der Waals surface area contributed by atoms with Crippen LogP contribution in [0.3, 0.4) is 0 Å². The lowest BCUT2D eigenvalue weighted by molar-refractivity contribution is -0.137. The molecule has 2 rings (SSSR count). The van der Waals surface area contributed by atoms with E-state index in [1.54, 1.807) is 0 Å². The number of alkyl halides is 3. The number of tetrazole rings is 1. The van der Waals surface area contributed by atoms with Crippen LogP contribution in [0.15, 0.2) is 24.3 Å². The van der Waals surface area contributed by atoms with Crippen molar-refractivity contribution in [3.8, 4) is 11.4 Å². The third-order valence-corrected chi connectivity index (χ3v) is 2.20. The molecule has 6 nitrogen and oxygen atoms in total. The highest BCUT2D eigenvalue weighted by atomic mass is 19.4. The van der Waals surface area contributed by atoms with Gasteiger partial charge >= 0.3 is 6.18 Å². The maximum Gasteiger partial charge on any atom is 0.416 e. The van der Waals surface area contributed by atoms with E-state index < -0.39 is 17.6 Å². The number of nitrogens with zero attached hydrogens (tertiary/aromatic N) is 4. The molecule has 0 spiro atoms. The molecule has 19 heavy (non-hydrogen) atoms. The zero-order chi connectivity index (χ0) is 14.0. The summed E-state index contributed by atoms with van der Waals surface area (Å²) in [5.41, 5.74) is 4.29. The Hall–Kier alpha value is -2.45. The number of carbonyl (C=O) groups excluding carboxylic acids is 1. The summed E-state index contributed by atoms with van der Waals surface area (Å²) in [4.78, 5) is 11.6. The molecule has 100 valence electrons. The maximum absolute atomic E-state index is 12.5. The van der Waals surface area contributed by atoms with Gasteiger partial charge in [0.25, 0.3) is 0 Å². The Morgan fingerprint density at radius 1 is 1.37 bits per heavy atom. The van der Waals surface area contributed by atoms with E-state index in [1.165, 1.54) is 12.1 Å². The summed E-state index contributed by atoms with van der Waals surface area (Å²) in [6, 6.07) is 4.51. The Kier molecular flexibility index (Phi) is 3.19. The van der Waals surface area contributed by atoms with Crippen molar-refractivity contribution in [3.05, 3.63) is 29.8 Å². The lowest BCUT2D eigenvalue weighted by Crippen LogP contribution is -2.20. The van der Waals surface area contributed by atoms with Crippen LogP contribution in [-0.2, 0) is 17.5 Å². The van der Waals surface area contributed by atoms with Gasteiger partial charge in [0.15, 0.2) is 0 Å². The molecule has 0 saturated carbocycles. The first-order valence-electron chi connectivity index (χ1n) is 5.10. The lowest BCUT2D eigenvalue weighted by atomic mass is 10.1. The van der Waals surface area contributed by atoms with Crippen LogP contribution < -0.4 is 5.73 Å². The molecular formula is C10H8F3N5O. The second kappa shape index (κ2) is 4.67. The van der Waals surface area contributed by atoms with Crippen LogP contribution in [0.4, 0.5) is 13.2 Å². The van der Waals surface area contributed by atoms with Gasteiger partial charge in [-0.25, -0.2) is 0 Å². The second-order valence-corrected chi connectivity index (χ2v) is 3.69. The number of primary amides is 1. The molecule has 1 aromatic carbocycles. The zero-order valence-corrected chi connectivity index (χ0v) is 9.42. The quantitative estimate of drug-likeness (QED) is 0.896. The predicted octanol–water partition coefficient (Wildman–Crippen LogP) is 0.844. The average molecular weight is 271 g/mol. The smallest absolute Gasteiger partial charge is 0.368 e. The molecule has 0 atom stereocenters. The molecule has 0 aliphatic rings. The van der Waals surface area contributed by atoms with Crippen LogP contribution in [0.5, 0.6) is 0 Å². The van der Waals surface area contributed by atoms with Gasteiger partial charge < -0.3 is 5.73 Å². The first-order valence-corrected chi connectivity index (χ1v) is 5.10. The van der Waals surface area contributed by atoms with E-state index in [9.17, 15) is 18.0 Å². The Bertz CT molecular complexity index is 607. The van der Waals surface area contributed by atoms with Crippen LogP contribution in [0.1, 0.15) is 5.56 Å². The van der Waals surface area contributed by atoms with Gasteiger partial charge in [-0.05, 0) is 17.3 Å². The van der Waals surface area contributed by atoms with Gasteiger partial charge in [-0.15, -0.1) is 10.2 Å². The van der Waals surface area contributed by atoms with E-state index in [0.29, 0.717) is 0 Å². The SMILES string of the molecule is NC(=O)Cn1nnc(-c2cccc(C(F)(F)F)c2)n1. The van der Waals surface area contributed by atoms with E-state index in [1.807, 2.05) is 0 Å². The summed E-state index contributed by atoms with van der Waals surface area (Å²) in [5, 5.41) is 10.9. The first-order chi connectivity index (χ1) is 8.86. The number of benzene rings is 1. The first kappa shape index (κ1) is 13.0. The van der Waals surface area contributed by atoms with Crippen molar-refractivity contribution in [2.24, 2.45) is 5.73 Å². The molecule has 2 N–H and O–H groups in total. The van der Waals surface area contributed by atoms with Crippen molar-refractivity contribution >= 4 is 5.91 Å². The Balaban J connectivity index is 2.32. The number of amides is 1. The standard InChI is InChI=1S/C10H8F3N5O/c11-10(12,13)7-3-1-2-6(4-7)9-15-17-18(16-9)5-8(14)19/h1-4H,5H2,(H2,14,19). The molecule has 2 aromatic rings. The van der Waals surface area contributed by atoms with Gasteiger partial charge in [0.05, 0.1) is 5.56 Å². The zero-order valence-electron chi connectivity index (χ0n) is 9.42. The van der Waals surface area contributed by atoms with E-state index >= 15 is 0 Å². The molecule has 1 amide bonds. The molecule has 0 aliphatic heterocycles. The monoisotopic (exact) mass is 271 g/mol. The maximum atomic E-state index is 12.5. The summed E-state index contributed by atoms with van der Waals surface area (Å²) in [6.07, 6.45) is -4.45. The van der Waals surface area contributed by atoms with Crippen molar-refractivity contribution in [2.45, 2.75) is 12.7 Å².